The summed E-state index contributed by atoms with van der Waals surface area (Å²) in [5.41, 5.74) is 15.2. The first-order chi connectivity index (χ1) is 33.7. The van der Waals surface area contributed by atoms with Gasteiger partial charge in [0.05, 0.1) is 39.7 Å². The van der Waals surface area contributed by atoms with E-state index in [0.717, 1.165) is 97.1 Å². The fourth-order valence-electron chi connectivity index (χ4n) is 9.32. The molecule has 0 fully saturated rings. The first-order valence-electron chi connectivity index (χ1n) is 24.4. The summed E-state index contributed by atoms with van der Waals surface area (Å²) < 4.78 is 2.28. The molecule has 0 radical (unpaired) electrons. The molecule has 344 valence electrons. The number of hydrogen-bond donors (Lipinski definition) is 0. The molecule has 0 N–H and O–H groups in total. The van der Waals surface area contributed by atoms with Crippen molar-refractivity contribution in [3.8, 4) is 79.8 Å². The number of unbranched alkanes of at least 4 members (excludes halogenated alkanes) is 1. The molecule has 0 aliphatic carbocycles. The van der Waals surface area contributed by atoms with Crippen molar-refractivity contribution in [1.29, 1.82) is 5.26 Å². The minimum atomic E-state index is -0.107. The van der Waals surface area contributed by atoms with Crippen LogP contribution in [0.1, 0.15) is 89.1 Å². The zero-order valence-corrected chi connectivity index (χ0v) is 41.3. The monoisotopic (exact) mass is 911 g/mol. The van der Waals surface area contributed by atoms with Gasteiger partial charge in [-0.2, -0.15) is 5.26 Å². The summed E-state index contributed by atoms with van der Waals surface area (Å²) in [5.74, 6) is 2.30. The maximum absolute atomic E-state index is 10.1. The molecule has 0 amide bonds. The highest BCUT2D eigenvalue weighted by atomic mass is 15.1. The van der Waals surface area contributed by atoms with Crippen molar-refractivity contribution in [1.82, 2.24) is 29.5 Å². The second kappa shape index (κ2) is 18.4. The second-order valence-corrected chi connectivity index (χ2v) is 20.5. The van der Waals surface area contributed by atoms with Gasteiger partial charge in [0.25, 0.3) is 0 Å². The van der Waals surface area contributed by atoms with E-state index in [9.17, 15) is 5.26 Å². The number of nitriles is 1. The van der Waals surface area contributed by atoms with Crippen molar-refractivity contribution in [3.63, 3.8) is 0 Å². The summed E-state index contributed by atoms with van der Waals surface area (Å²) in [7, 11) is 0. The van der Waals surface area contributed by atoms with Gasteiger partial charge >= 0.3 is 0 Å². The van der Waals surface area contributed by atoms with Crippen molar-refractivity contribution >= 4 is 21.8 Å². The molecule has 0 unspecified atom stereocenters. The van der Waals surface area contributed by atoms with Crippen molar-refractivity contribution < 1.29 is 0 Å². The van der Waals surface area contributed by atoms with Gasteiger partial charge in [0.2, 0.25) is 0 Å². The maximum Gasteiger partial charge on any atom is 0.166 e. The highest BCUT2D eigenvalue weighted by molar-refractivity contribution is 6.10. The van der Waals surface area contributed by atoms with E-state index in [1.807, 2.05) is 54.6 Å². The lowest BCUT2D eigenvalue weighted by Crippen LogP contribution is -2.12. The Bertz CT molecular complexity index is 3570. The largest absolute Gasteiger partial charge is 0.308 e. The molecular weight excluding hydrogens is 855 g/mol. The summed E-state index contributed by atoms with van der Waals surface area (Å²) in [4.78, 5) is 27.0. The molecule has 10 rings (SSSR count). The van der Waals surface area contributed by atoms with Crippen molar-refractivity contribution in [2.75, 3.05) is 0 Å². The molecule has 3 aromatic heterocycles. The number of para-hydroxylation sites is 1. The van der Waals surface area contributed by atoms with Gasteiger partial charge in [0.15, 0.2) is 23.3 Å². The number of benzene rings is 7. The minimum Gasteiger partial charge on any atom is -0.308 e. The minimum absolute atomic E-state index is 0.106. The molecule has 0 atom stereocenters. The number of hydrogen-bond acceptors (Lipinski definition) is 6. The predicted molar refractivity (Wildman–Crippen MR) is 288 cm³/mol. The van der Waals surface area contributed by atoms with Crippen molar-refractivity contribution in [2.24, 2.45) is 0 Å². The Labute approximate surface area is 411 Å². The highest BCUT2D eigenvalue weighted by Gasteiger charge is 2.24. The zero-order valence-electron chi connectivity index (χ0n) is 41.3. The van der Waals surface area contributed by atoms with Crippen LogP contribution in [0.2, 0.25) is 0 Å². The summed E-state index contributed by atoms with van der Waals surface area (Å²) in [5, 5.41) is 12.1. The van der Waals surface area contributed by atoms with E-state index in [1.54, 1.807) is 0 Å². The lowest BCUT2D eigenvalue weighted by Gasteiger charge is -2.22. The molecule has 3 heterocycles. The van der Waals surface area contributed by atoms with E-state index < -0.39 is 0 Å². The standard InChI is InChI=1S/C63H57N7/c1-9-10-19-41-32-47(36-49(33-41)63(6,7)8)60-67-59(46-30-40(2)31-48(35-46)62(3,4)5)68-61(69-60)52-37-45(58-65-53(43-20-13-11-14-21-43)38-54(66-58)44-22-15-12-16-23-44)27-29-57(52)70-55-25-18-17-24-50(55)51-34-42(39-64)26-28-56(51)70/h11-18,20-38H,9-10,19H2,1-8H3. The van der Waals surface area contributed by atoms with Crippen LogP contribution >= 0.6 is 0 Å². The summed E-state index contributed by atoms with van der Waals surface area (Å²) in [6.45, 7) is 17.9. The third-order valence-corrected chi connectivity index (χ3v) is 13.2. The number of fused-ring (bicyclic) bond motifs is 3. The number of nitrogens with zero attached hydrogens (tertiary/aromatic N) is 7. The average Bonchev–Trinajstić information content (AvgIpc) is 3.70. The quantitative estimate of drug-likeness (QED) is 0.136. The van der Waals surface area contributed by atoms with Crippen LogP contribution in [0.25, 0.3) is 95.6 Å². The van der Waals surface area contributed by atoms with E-state index >= 15 is 0 Å². The van der Waals surface area contributed by atoms with Crippen LogP contribution in [0.15, 0.2) is 164 Å². The highest BCUT2D eigenvalue weighted by Crippen LogP contribution is 2.40. The van der Waals surface area contributed by atoms with Gasteiger partial charge < -0.3 is 4.57 Å². The molecule has 0 saturated carbocycles. The van der Waals surface area contributed by atoms with Crippen LogP contribution in [0.4, 0.5) is 0 Å². The van der Waals surface area contributed by atoms with E-state index in [4.69, 9.17) is 24.9 Å². The van der Waals surface area contributed by atoms with Crippen molar-refractivity contribution in [3.05, 3.63) is 192 Å². The average molecular weight is 912 g/mol. The Morgan fingerprint density at radius 3 is 1.69 bits per heavy atom. The summed E-state index contributed by atoms with van der Waals surface area (Å²) in [6, 6.07) is 59.2. The van der Waals surface area contributed by atoms with Crippen LogP contribution in [0, 0.1) is 18.3 Å². The van der Waals surface area contributed by atoms with E-state index in [-0.39, 0.29) is 10.8 Å². The van der Waals surface area contributed by atoms with Gasteiger partial charge in [-0.05, 0) is 120 Å². The first-order valence-corrected chi connectivity index (χ1v) is 24.4. The van der Waals surface area contributed by atoms with Gasteiger partial charge in [-0.1, -0.05) is 151 Å². The molecule has 70 heavy (non-hydrogen) atoms. The van der Waals surface area contributed by atoms with E-state index in [2.05, 4.69) is 175 Å². The Morgan fingerprint density at radius 1 is 0.486 bits per heavy atom. The third kappa shape index (κ3) is 9.13. The number of rotatable bonds is 10. The predicted octanol–water partition coefficient (Wildman–Crippen LogP) is 15.9. The lowest BCUT2D eigenvalue weighted by atomic mass is 9.84. The molecule has 0 saturated heterocycles. The normalized spacial score (nSPS) is 11.9. The molecule has 7 aromatic carbocycles. The Morgan fingerprint density at radius 2 is 1.06 bits per heavy atom. The SMILES string of the molecule is CCCCc1cc(-c2nc(-c3cc(C)cc(C(C)(C)C)c3)nc(-c3cc(-c4nc(-c5ccccc5)cc(-c5ccccc5)n4)ccc3-n3c4ccccc4c4cc(C#N)ccc43)n2)cc(C(C)(C)C)c1. The maximum atomic E-state index is 10.1. The van der Waals surface area contributed by atoms with E-state index in [1.165, 1.54) is 16.7 Å². The van der Waals surface area contributed by atoms with Crippen LogP contribution in [-0.4, -0.2) is 29.5 Å². The molecule has 7 nitrogen and oxygen atoms in total. The Balaban J connectivity index is 1.30. The van der Waals surface area contributed by atoms with Crippen molar-refractivity contribution in [2.45, 2.75) is 85.5 Å². The van der Waals surface area contributed by atoms with Crippen LogP contribution in [-0.2, 0) is 17.3 Å². The topological polar surface area (TPSA) is 93.2 Å². The molecule has 0 spiro atoms. The third-order valence-electron chi connectivity index (χ3n) is 13.2. The fraction of sp³-hybridized carbons (Fsp3) is 0.206. The van der Waals surface area contributed by atoms with E-state index in [0.29, 0.717) is 28.9 Å². The molecule has 0 aliphatic rings. The van der Waals surface area contributed by atoms with Gasteiger partial charge in [0.1, 0.15) is 0 Å². The second-order valence-electron chi connectivity index (χ2n) is 20.5. The van der Waals surface area contributed by atoms with Crippen LogP contribution in [0.5, 0.6) is 0 Å². The molecule has 10 aromatic rings. The van der Waals surface area contributed by atoms with Crippen LogP contribution in [0.3, 0.4) is 0 Å². The zero-order chi connectivity index (χ0) is 48.7. The van der Waals surface area contributed by atoms with Gasteiger partial charge in [-0.15, -0.1) is 0 Å². The lowest BCUT2D eigenvalue weighted by molar-refractivity contribution is 0.589. The molecule has 0 bridgehead atoms. The Hall–Kier alpha value is -8.08. The van der Waals surface area contributed by atoms with Gasteiger partial charge in [0, 0.05) is 44.2 Å². The Kier molecular flexibility index (Phi) is 12.0. The molecule has 0 aliphatic heterocycles. The molecule has 7 heteroatoms. The number of aromatic nitrogens is 6. The smallest absolute Gasteiger partial charge is 0.166 e. The van der Waals surface area contributed by atoms with Crippen LogP contribution < -0.4 is 0 Å². The summed E-state index contributed by atoms with van der Waals surface area (Å²) >= 11 is 0. The molecular formula is C63H57N7. The van der Waals surface area contributed by atoms with Gasteiger partial charge in [-0.25, -0.2) is 24.9 Å². The fourth-order valence-corrected chi connectivity index (χ4v) is 9.32. The number of aryl methyl sites for hydroxylation is 2. The summed E-state index contributed by atoms with van der Waals surface area (Å²) in [6.07, 6.45) is 3.15. The van der Waals surface area contributed by atoms with Gasteiger partial charge in [-0.3, -0.25) is 0 Å². The first kappa shape index (κ1) is 45.7.